The summed E-state index contributed by atoms with van der Waals surface area (Å²) in [5.74, 6) is 2.67. The molecule has 1 aromatic carbocycles. The van der Waals surface area contributed by atoms with Gasteiger partial charge in [0.15, 0.2) is 0 Å². The highest BCUT2D eigenvalue weighted by molar-refractivity contribution is 6.33. The molecule has 0 radical (unpaired) electrons. The van der Waals surface area contributed by atoms with Gasteiger partial charge in [0.2, 0.25) is 0 Å². The number of terminal acetylenes is 1. The van der Waals surface area contributed by atoms with Crippen molar-refractivity contribution in [3.8, 4) is 23.6 Å². The fourth-order valence-corrected chi connectivity index (χ4v) is 2.67. The lowest BCUT2D eigenvalue weighted by molar-refractivity contribution is 0.188. The first-order valence-corrected chi connectivity index (χ1v) is 7.16. The number of benzene rings is 1. The van der Waals surface area contributed by atoms with Crippen LogP contribution in [0.3, 0.4) is 0 Å². The van der Waals surface area contributed by atoms with Crippen molar-refractivity contribution < 1.29 is 4.74 Å². The Hall–Kier alpha value is -2.35. The monoisotopic (exact) mass is 311 g/mol. The summed E-state index contributed by atoms with van der Waals surface area (Å²) in [7, 11) is 1.68. The second-order valence-electron chi connectivity index (χ2n) is 4.82. The summed E-state index contributed by atoms with van der Waals surface area (Å²) in [4.78, 5) is 8.25. The van der Waals surface area contributed by atoms with Crippen LogP contribution >= 0.6 is 11.6 Å². The average Bonchev–Trinajstić information content (AvgIpc) is 2.91. The van der Waals surface area contributed by atoms with E-state index in [4.69, 9.17) is 22.8 Å². The number of nitrogens with zero attached hydrogens (tertiary/aromatic N) is 3. The zero-order valence-electron chi connectivity index (χ0n) is 12.1. The zero-order valence-corrected chi connectivity index (χ0v) is 12.8. The van der Waals surface area contributed by atoms with E-state index in [1.807, 2.05) is 24.4 Å². The fraction of sp³-hybridized carbons (Fsp3) is 0.176. The molecular formula is C17H14ClN3O. The lowest BCUT2D eigenvalue weighted by Crippen LogP contribution is -2.02. The van der Waals surface area contributed by atoms with Gasteiger partial charge in [0.25, 0.3) is 0 Å². The average molecular weight is 312 g/mol. The minimum Gasteiger partial charge on any atom is -0.383 e. The van der Waals surface area contributed by atoms with Crippen molar-refractivity contribution in [1.82, 2.24) is 14.5 Å². The fourth-order valence-electron chi connectivity index (χ4n) is 2.46. The van der Waals surface area contributed by atoms with Crippen LogP contribution in [0, 0.1) is 12.3 Å². The summed E-state index contributed by atoms with van der Waals surface area (Å²) in [6.07, 6.45) is 10.6. The number of hydrogen-bond acceptors (Lipinski definition) is 3. The van der Waals surface area contributed by atoms with E-state index in [0.717, 1.165) is 28.6 Å². The number of ether oxygens (including phenoxy) is 1. The second-order valence-corrected chi connectivity index (χ2v) is 5.23. The molecule has 0 saturated carbocycles. The van der Waals surface area contributed by atoms with Gasteiger partial charge in [-0.15, -0.1) is 6.42 Å². The van der Waals surface area contributed by atoms with Gasteiger partial charge < -0.3 is 9.30 Å². The van der Waals surface area contributed by atoms with Crippen LogP contribution in [0.1, 0.15) is 5.56 Å². The summed E-state index contributed by atoms with van der Waals surface area (Å²) >= 11 is 6.25. The highest BCUT2D eigenvalue weighted by atomic mass is 35.5. The molecule has 0 atom stereocenters. The molecular weight excluding hydrogens is 298 g/mol. The highest BCUT2D eigenvalue weighted by Crippen LogP contribution is 2.33. The maximum absolute atomic E-state index is 6.25. The SMILES string of the molecule is C#Cc1ccc2c(c1)c(-c1ncncc1Cl)cn2CCOC. The Balaban J connectivity index is 2.24. The molecule has 0 aliphatic carbocycles. The van der Waals surface area contributed by atoms with Gasteiger partial charge in [0, 0.05) is 48.1 Å². The Kier molecular flexibility index (Phi) is 4.10. The molecule has 110 valence electrons. The molecule has 3 aromatic rings. The van der Waals surface area contributed by atoms with Gasteiger partial charge in [-0.3, -0.25) is 0 Å². The minimum absolute atomic E-state index is 0.513. The van der Waals surface area contributed by atoms with Crippen LogP contribution in [0.25, 0.3) is 22.2 Å². The maximum atomic E-state index is 6.25. The largest absolute Gasteiger partial charge is 0.383 e. The Morgan fingerprint density at radius 2 is 2.27 bits per heavy atom. The molecule has 3 rings (SSSR count). The Bertz CT molecular complexity index is 864. The second kappa shape index (κ2) is 6.18. The van der Waals surface area contributed by atoms with Crippen molar-refractivity contribution in [2.24, 2.45) is 0 Å². The summed E-state index contributed by atoms with van der Waals surface area (Å²) in [6, 6.07) is 5.92. The van der Waals surface area contributed by atoms with E-state index < -0.39 is 0 Å². The first kappa shape index (κ1) is 14.6. The minimum atomic E-state index is 0.513. The van der Waals surface area contributed by atoms with Crippen molar-refractivity contribution in [3.63, 3.8) is 0 Å². The molecule has 0 spiro atoms. The molecule has 2 heterocycles. The quantitative estimate of drug-likeness (QED) is 0.693. The van der Waals surface area contributed by atoms with Gasteiger partial charge in [0.05, 0.1) is 17.3 Å². The van der Waals surface area contributed by atoms with Crippen molar-refractivity contribution in [2.45, 2.75) is 6.54 Å². The molecule has 0 N–H and O–H groups in total. The van der Waals surface area contributed by atoms with E-state index in [1.165, 1.54) is 6.33 Å². The smallest absolute Gasteiger partial charge is 0.116 e. The van der Waals surface area contributed by atoms with Gasteiger partial charge in [-0.1, -0.05) is 17.5 Å². The van der Waals surface area contributed by atoms with E-state index in [2.05, 4.69) is 20.5 Å². The first-order valence-electron chi connectivity index (χ1n) is 6.79. The molecule has 0 amide bonds. The molecule has 0 bridgehead atoms. The third-order valence-electron chi connectivity index (χ3n) is 3.51. The molecule has 0 aliphatic heterocycles. The Morgan fingerprint density at radius 3 is 3.00 bits per heavy atom. The highest BCUT2D eigenvalue weighted by Gasteiger charge is 2.14. The number of halogens is 1. The molecule has 0 fully saturated rings. The van der Waals surface area contributed by atoms with Crippen LogP contribution in [0.5, 0.6) is 0 Å². The van der Waals surface area contributed by atoms with E-state index in [9.17, 15) is 0 Å². The normalized spacial score (nSPS) is 10.8. The third-order valence-corrected chi connectivity index (χ3v) is 3.78. The van der Waals surface area contributed by atoms with E-state index >= 15 is 0 Å². The van der Waals surface area contributed by atoms with Gasteiger partial charge in [-0.2, -0.15) is 0 Å². The Labute approximate surface area is 133 Å². The number of hydrogen-bond donors (Lipinski definition) is 0. The molecule has 4 nitrogen and oxygen atoms in total. The Morgan fingerprint density at radius 1 is 1.41 bits per heavy atom. The van der Waals surface area contributed by atoms with Crippen LogP contribution in [0.15, 0.2) is 36.9 Å². The molecule has 0 aliphatic rings. The van der Waals surface area contributed by atoms with Crippen LogP contribution in [-0.2, 0) is 11.3 Å². The van der Waals surface area contributed by atoms with Crippen molar-refractivity contribution >= 4 is 22.5 Å². The van der Waals surface area contributed by atoms with Gasteiger partial charge in [-0.05, 0) is 18.2 Å². The number of aromatic nitrogens is 3. The number of methoxy groups -OCH3 is 1. The molecule has 2 aromatic heterocycles. The third kappa shape index (κ3) is 2.57. The van der Waals surface area contributed by atoms with Crippen LogP contribution < -0.4 is 0 Å². The lowest BCUT2D eigenvalue weighted by atomic mass is 10.1. The summed E-state index contributed by atoms with van der Waals surface area (Å²) in [6.45, 7) is 1.36. The molecule has 0 unspecified atom stereocenters. The van der Waals surface area contributed by atoms with E-state index in [0.29, 0.717) is 17.3 Å². The van der Waals surface area contributed by atoms with E-state index in [1.54, 1.807) is 13.3 Å². The first-order chi connectivity index (χ1) is 10.7. The summed E-state index contributed by atoms with van der Waals surface area (Å²) in [5, 5.41) is 1.53. The van der Waals surface area contributed by atoms with Crippen molar-refractivity contribution in [2.75, 3.05) is 13.7 Å². The van der Waals surface area contributed by atoms with Crippen molar-refractivity contribution in [1.29, 1.82) is 0 Å². The molecule has 22 heavy (non-hydrogen) atoms. The molecule has 5 heteroatoms. The van der Waals surface area contributed by atoms with Crippen LogP contribution in [-0.4, -0.2) is 28.3 Å². The summed E-state index contributed by atoms with van der Waals surface area (Å²) < 4.78 is 7.29. The predicted molar refractivity (Wildman–Crippen MR) is 87.8 cm³/mol. The maximum Gasteiger partial charge on any atom is 0.116 e. The van der Waals surface area contributed by atoms with Crippen LogP contribution in [0.2, 0.25) is 5.02 Å². The van der Waals surface area contributed by atoms with Crippen molar-refractivity contribution in [3.05, 3.63) is 47.5 Å². The van der Waals surface area contributed by atoms with Gasteiger partial charge >= 0.3 is 0 Å². The lowest BCUT2D eigenvalue weighted by Gasteiger charge is -2.03. The zero-order chi connectivity index (χ0) is 15.5. The molecule has 0 saturated heterocycles. The summed E-state index contributed by atoms with van der Waals surface area (Å²) in [5.41, 5.74) is 3.53. The van der Waals surface area contributed by atoms with Gasteiger partial charge in [0.1, 0.15) is 6.33 Å². The van der Waals surface area contributed by atoms with Crippen LogP contribution in [0.4, 0.5) is 0 Å². The topological polar surface area (TPSA) is 39.9 Å². The number of fused-ring (bicyclic) bond motifs is 1. The van der Waals surface area contributed by atoms with E-state index in [-0.39, 0.29) is 0 Å². The number of rotatable bonds is 4. The predicted octanol–water partition coefficient (Wildman–Crippen LogP) is 3.38. The van der Waals surface area contributed by atoms with Gasteiger partial charge in [-0.25, -0.2) is 9.97 Å². The standard InChI is InChI=1S/C17H14ClN3O/c1-3-12-4-5-16-13(8-12)14(10-21(16)6-7-22-2)17-15(18)9-19-11-20-17/h1,4-5,8-11H,6-7H2,2H3.